The van der Waals surface area contributed by atoms with Gasteiger partial charge in [0.2, 0.25) is 0 Å². The van der Waals surface area contributed by atoms with Crippen molar-refractivity contribution in [2.45, 2.75) is 26.2 Å². The standard InChI is InChI=1S/C22H23N3O3/c1-2-27-17-11-13-18(14-12-17)28-15-21(26)23-22-19-9-6-10-20(19)24-25(22)16-7-4-3-5-8-16/h3-5,7-8,11-14H,2,6,9-10,15H2,1H3,(H,23,26). The Labute approximate surface area is 164 Å². The molecule has 1 aromatic heterocycles. The summed E-state index contributed by atoms with van der Waals surface area (Å²) in [4.78, 5) is 12.5. The molecule has 6 nitrogen and oxygen atoms in total. The van der Waals surface area contributed by atoms with Crippen LogP contribution in [0.15, 0.2) is 54.6 Å². The van der Waals surface area contributed by atoms with Crippen LogP contribution in [0.1, 0.15) is 24.6 Å². The number of amides is 1. The monoisotopic (exact) mass is 377 g/mol. The van der Waals surface area contributed by atoms with Crippen molar-refractivity contribution < 1.29 is 14.3 Å². The average Bonchev–Trinajstić information content (AvgIpc) is 3.31. The van der Waals surface area contributed by atoms with Crippen molar-refractivity contribution in [3.05, 3.63) is 65.9 Å². The second-order valence-corrected chi connectivity index (χ2v) is 6.62. The minimum Gasteiger partial charge on any atom is -0.494 e. The molecule has 6 heteroatoms. The van der Waals surface area contributed by atoms with E-state index in [1.54, 1.807) is 12.1 Å². The van der Waals surface area contributed by atoms with Crippen LogP contribution in [0.4, 0.5) is 5.82 Å². The normalized spacial score (nSPS) is 12.5. The fourth-order valence-electron chi connectivity index (χ4n) is 3.39. The minimum absolute atomic E-state index is 0.0667. The van der Waals surface area contributed by atoms with Gasteiger partial charge in [-0.15, -0.1) is 0 Å². The summed E-state index contributed by atoms with van der Waals surface area (Å²) >= 11 is 0. The van der Waals surface area contributed by atoms with E-state index >= 15 is 0 Å². The lowest BCUT2D eigenvalue weighted by molar-refractivity contribution is -0.118. The van der Waals surface area contributed by atoms with Crippen LogP contribution in [0, 0.1) is 0 Å². The van der Waals surface area contributed by atoms with E-state index in [2.05, 4.69) is 5.32 Å². The quantitative estimate of drug-likeness (QED) is 0.681. The van der Waals surface area contributed by atoms with Crippen LogP contribution in [0.3, 0.4) is 0 Å². The van der Waals surface area contributed by atoms with E-state index < -0.39 is 0 Å². The summed E-state index contributed by atoms with van der Waals surface area (Å²) in [7, 11) is 0. The second-order valence-electron chi connectivity index (χ2n) is 6.62. The molecule has 0 fully saturated rings. The van der Waals surface area contributed by atoms with Crippen LogP contribution in [-0.4, -0.2) is 28.9 Å². The lowest BCUT2D eigenvalue weighted by Gasteiger charge is -2.12. The first-order chi connectivity index (χ1) is 13.7. The summed E-state index contributed by atoms with van der Waals surface area (Å²) in [5.74, 6) is 1.95. The maximum atomic E-state index is 12.5. The molecule has 2 aromatic carbocycles. The van der Waals surface area contributed by atoms with Gasteiger partial charge in [-0.25, -0.2) is 4.68 Å². The van der Waals surface area contributed by atoms with Gasteiger partial charge in [0.15, 0.2) is 6.61 Å². The summed E-state index contributed by atoms with van der Waals surface area (Å²) in [6.45, 7) is 2.48. The van der Waals surface area contributed by atoms with E-state index in [1.807, 2.05) is 54.1 Å². The van der Waals surface area contributed by atoms with Gasteiger partial charge >= 0.3 is 0 Å². The molecular formula is C22H23N3O3. The van der Waals surface area contributed by atoms with Crippen LogP contribution < -0.4 is 14.8 Å². The largest absolute Gasteiger partial charge is 0.494 e. The Bertz CT molecular complexity index is 949. The average molecular weight is 377 g/mol. The van der Waals surface area contributed by atoms with E-state index in [9.17, 15) is 4.79 Å². The lowest BCUT2D eigenvalue weighted by atomic mass is 10.2. The molecule has 0 saturated carbocycles. The number of hydrogen-bond acceptors (Lipinski definition) is 4. The number of nitrogens with zero attached hydrogens (tertiary/aromatic N) is 2. The number of anilines is 1. The molecule has 144 valence electrons. The molecule has 0 radical (unpaired) electrons. The van der Waals surface area contributed by atoms with Gasteiger partial charge in [0.05, 0.1) is 18.0 Å². The van der Waals surface area contributed by atoms with E-state index in [1.165, 1.54) is 0 Å². The summed E-state index contributed by atoms with van der Waals surface area (Å²) in [6.07, 6.45) is 2.94. The molecule has 0 unspecified atom stereocenters. The van der Waals surface area contributed by atoms with Gasteiger partial charge in [-0.1, -0.05) is 18.2 Å². The Hall–Kier alpha value is -3.28. The summed E-state index contributed by atoms with van der Waals surface area (Å²) < 4.78 is 12.8. The highest BCUT2D eigenvalue weighted by Gasteiger charge is 2.24. The lowest BCUT2D eigenvalue weighted by Crippen LogP contribution is -2.22. The van der Waals surface area contributed by atoms with Crippen LogP contribution in [-0.2, 0) is 17.6 Å². The van der Waals surface area contributed by atoms with Gasteiger partial charge in [0, 0.05) is 5.56 Å². The smallest absolute Gasteiger partial charge is 0.263 e. The SMILES string of the molecule is CCOc1ccc(OCC(=O)Nc2c3c(nn2-c2ccccc2)CCC3)cc1. The van der Waals surface area contributed by atoms with E-state index in [0.29, 0.717) is 12.4 Å². The zero-order valence-corrected chi connectivity index (χ0v) is 15.9. The number of benzene rings is 2. The first-order valence-corrected chi connectivity index (χ1v) is 9.56. The minimum atomic E-state index is -0.208. The Morgan fingerprint density at radius 2 is 1.75 bits per heavy atom. The van der Waals surface area contributed by atoms with Gasteiger partial charge in [-0.3, -0.25) is 4.79 Å². The van der Waals surface area contributed by atoms with Gasteiger partial charge in [-0.2, -0.15) is 5.10 Å². The molecule has 0 bridgehead atoms. The number of para-hydroxylation sites is 1. The zero-order valence-electron chi connectivity index (χ0n) is 15.9. The molecule has 1 aliphatic rings. The molecular weight excluding hydrogens is 354 g/mol. The second kappa shape index (κ2) is 8.17. The molecule has 1 N–H and O–H groups in total. The van der Waals surface area contributed by atoms with Crippen LogP contribution in [0.5, 0.6) is 11.5 Å². The number of carbonyl (C=O) groups excluding carboxylic acids is 1. The molecule has 0 atom stereocenters. The molecule has 28 heavy (non-hydrogen) atoms. The van der Waals surface area contributed by atoms with E-state index in [0.717, 1.165) is 47.8 Å². The third kappa shape index (κ3) is 3.86. The number of hydrogen-bond donors (Lipinski definition) is 1. The van der Waals surface area contributed by atoms with Crippen molar-refractivity contribution in [1.82, 2.24) is 9.78 Å². The molecule has 0 saturated heterocycles. The summed E-state index contributed by atoms with van der Waals surface area (Å²) in [5, 5.41) is 7.71. The third-order valence-electron chi connectivity index (χ3n) is 4.67. The van der Waals surface area contributed by atoms with Crippen molar-refractivity contribution in [2.24, 2.45) is 0 Å². The molecule has 1 aliphatic carbocycles. The number of carbonyl (C=O) groups is 1. The number of rotatable bonds is 7. The van der Waals surface area contributed by atoms with Gasteiger partial charge < -0.3 is 14.8 Å². The number of aromatic nitrogens is 2. The fraction of sp³-hybridized carbons (Fsp3) is 0.273. The molecule has 1 amide bonds. The molecule has 4 rings (SSSR count). The van der Waals surface area contributed by atoms with Crippen molar-refractivity contribution in [3.63, 3.8) is 0 Å². The highest BCUT2D eigenvalue weighted by Crippen LogP contribution is 2.30. The highest BCUT2D eigenvalue weighted by molar-refractivity contribution is 5.92. The van der Waals surface area contributed by atoms with Crippen LogP contribution >= 0.6 is 0 Å². The highest BCUT2D eigenvalue weighted by atomic mass is 16.5. The number of nitrogens with one attached hydrogen (secondary N) is 1. The number of fused-ring (bicyclic) bond motifs is 1. The van der Waals surface area contributed by atoms with Crippen molar-refractivity contribution in [1.29, 1.82) is 0 Å². The van der Waals surface area contributed by atoms with Crippen LogP contribution in [0.25, 0.3) is 5.69 Å². The van der Waals surface area contributed by atoms with Crippen molar-refractivity contribution in [3.8, 4) is 17.2 Å². The summed E-state index contributed by atoms with van der Waals surface area (Å²) in [5.41, 5.74) is 3.12. The maximum Gasteiger partial charge on any atom is 0.263 e. The Kier molecular flexibility index (Phi) is 5.28. The third-order valence-corrected chi connectivity index (χ3v) is 4.67. The predicted octanol–water partition coefficient (Wildman–Crippen LogP) is 3.78. The van der Waals surface area contributed by atoms with E-state index in [4.69, 9.17) is 14.6 Å². The van der Waals surface area contributed by atoms with Crippen molar-refractivity contribution >= 4 is 11.7 Å². The molecule has 3 aromatic rings. The summed E-state index contributed by atoms with van der Waals surface area (Å²) in [6, 6.07) is 17.1. The Morgan fingerprint density at radius 3 is 2.46 bits per heavy atom. The first-order valence-electron chi connectivity index (χ1n) is 9.56. The van der Waals surface area contributed by atoms with Crippen LogP contribution in [0.2, 0.25) is 0 Å². The molecule has 1 heterocycles. The van der Waals surface area contributed by atoms with Gasteiger partial charge in [0.1, 0.15) is 17.3 Å². The zero-order chi connectivity index (χ0) is 19.3. The van der Waals surface area contributed by atoms with E-state index in [-0.39, 0.29) is 12.5 Å². The maximum absolute atomic E-state index is 12.5. The van der Waals surface area contributed by atoms with Gasteiger partial charge in [-0.05, 0) is 62.6 Å². The number of aryl methyl sites for hydroxylation is 1. The molecule has 0 spiro atoms. The fourth-order valence-corrected chi connectivity index (χ4v) is 3.39. The first kappa shape index (κ1) is 18.1. The molecule has 0 aliphatic heterocycles. The topological polar surface area (TPSA) is 65.4 Å². The number of ether oxygens (including phenoxy) is 2. The Morgan fingerprint density at radius 1 is 1.04 bits per heavy atom. The Balaban J connectivity index is 1.46. The van der Waals surface area contributed by atoms with Gasteiger partial charge in [0.25, 0.3) is 5.91 Å². The predicted molar refractivity (Wildman–Crippen MR) is 107 cm³/mol. The van der Waals surface area contributed by atoms with Crippen molar-refractivity contribution in [2.75, 3.05) is 18.5 Å².